The molecular formula is C11H18BrN3O3S. The Hall–Kier alpha value is -0.440. The normalized spacial score (nSPS) is 25.7. The topological polar surface area (TPSA) is 75.3 Å². The minimum atomic E-state index is -3.53. The van der Waals surface area contributed by atoms with Crippen molar-refractivity contribution in [3.8, 4) is 0 Å². The van der Waals surface area contributed by atoms with Gasteiger partial charge < -0.3 is 4.74 Å². The van der Waals surface area contributed by atoms with Gasteiger partial charge in [0.2, 0.25) is 10.0 Å². The second-order valence-electron chi connectivity index (χ2n) is 4.80. The molecule has 1 aliphatic rings. The molecule has 108 valence electrons. The number of morpholine rings is 1. The first-order valence-corrected chi connectivity index (χ1v) is 8.65. The molecule has 1 aromatic heterocycles. The van der Waals surface area contributed by atoms with E-state index in [-0.39, 0.29) is 17.0 Å². The molecule has 0 aromatic carbocycles. The molecule has 6 nitrogen and oxygen atoms in total. The Morgan fingerprint density at radius 1 is 1.53 bits per heavy atom. The number of hydrogen-bond acceptors (Lipinski definition) is 4. The van der Waals surface area contributed by atoms with Gasteiger partial charge in [-0.25, -0.2) is 8.42 Å². The first kappa shape index (κ1) is 15.0. The van der Waals surface area contributed by atoms with E-state index in [0.29, 0.717) is 29.9 Å². The van der Waals surface area contributed by atoms with Crippen LogP contribution in [0.2, 0.25) is 0 Å². The van der Waals surface area contributed by atoms with Crippen molar-refractivity contribution in [2.45, 2.75) is 37.8 Å². The largest absolute Gasteiger partial charge is 0.374 e. The molecule has 0 radical (unpaired) electrons. The molecule has 1 fully saturated rings. The van der Waals surface area contributed by atoms with E-state index in [1.165, 1.54) is 4.31 Å². The van der Waals surface area contributed by atoms with Crippen molar-refractivity contribution in [3.05, 3.63) is 11.4 Å². The highest BCUT2D eigenvalue weighted by Gasteiger charge is 2.37. The SMILES string of the molecule is Cc1n[nH]c(C)c1S(=O)(=O)N1CC(CBr)OCC1C. The van der Waals surface area contributed by atoms with Gasteiger partial charge in [0, 0.05) is 17.9 Å². The lowest BCUT2D eigenvalue weighted by molar-refractivity contribution is -0.0139. The third-order valence-corrected chi connectivity index (χ3v) is 6.21. The number of aromatic nitrogens is 2. The molecule has 8 heteroatoms. The summed E-state index contributed by atoms with van der Waals surface area (Å²) in [6.45, 7) is 6.04. The molecule has 1 aromatic rings. The number of ether oxygens (including phenoxy) is 1. The summed E-state index contributed by atoms with van der Waals surface area (Å²) in [4.78, 5) is 0.287. The molecule has 1 N–H and O–H groups in total. The van der Waals surface area contributed by atoms with Crippen LogP contribution in [0.5, 0.6) is 0 Å². The summed E-state index contributed by atoms with van der Waals surface area (Å²) in [5, 5.41) is 7.32. The van der Waals surface area contributed by atoms with Crippen LogP contribution in [-0.2, 0) is 14.8 Å². The lowest BCUT2D eigenvalue weighted by Crippen LogP contribution is -2.51. The summed E-state index contributed by atoms with van der Waals surface area (Å²) < 4.78 is 32.6. The summed E-state index contributed by atoms with van der Waals surface area (Å²) in [5.74, 6) is 0. The molecule has 2 heterocycles. The Morgan fingerprint density at radius 3 is 2.74 bits per heavy atom. The van der Waals surface area contributed by atoms with E-state index >= 15 is 0 Å². The number of aryl methyl sites for hydroxylation is 2. The summed E-state index contributed by atoms with van der Waals surface area (Å²) in [5.41, 5.74) is 1.08. The van der Waals surface area contributed by atoms with Crippen LogP contribution in [0.3, 0.4) is 0 Å². The van der Waals surface area contributed by atoms with Crippen LogP contribution in [0, 0.1) is 13.8 Å². The van der Waals surface area contributed by atoms with Crippen LogP contribution < -0.4 is 0 Å². The lowest BCUT2D eigenvalue weighted by atomic mass is 10.2. The predicted octanol–water partition coefficient (Wildman–Crippen LogP) is 1.20. The monoisotopic (exact) mass is 351 g/mol. The Morgan fingerprint density at radius 2 is 2.21 bits per heavy atom. The number of rotatable bonds is 3. The molecule has 0 saturated carbocycles. The highest BCUT2D eigenvalue weighted by Crippen LogP contribution is 2.26. The van der Waals surface area contributed by atoms with Gasteiger partial charge in [-0.2, -0.15) is 9.40 Å². The van der Waals surface area contributed by atoms with Gasteiger partial charge in [-0.15, -0.1) is 0 Å². The van der Waals surface area contributed by atoms with Gasteiger partial charge in [-0.1, -0.05) is 15.9 Å². The summed E-state index contributed by atoms with van der Waals surface area (Å²) in [7, 11) is -3.53. The third kappa shape index (κ3) is 2.72. The summed E-state index contributed by atoms with van der Waals surface area (Å²) in [6.07, 6.45) is -0.113. The number of alkyl halides is 1. The van der Waals surface area contributed by atoms with Crippen molar-refractivity contribution in [1.82, 2.24) is 14.5 Å². The molecule has 2 atom stereocenters. The molecule has 1 saturated heterocycles. The van der Waals surface area contributed by atoms with Gasteiger partial charge in [0.1, 0.15) is 4.90 Å². The van der Waals surface area contributed by atoms with Crippen LogP contribution in [0.1, 0.15) is 18.3 Å². The Labute approximate surface area is 121 Å². The highest BCUT2D eigenvalue weighted by atomic mass is 79.9. The predicted molar refractivity (Wildman–Crippen MR) is 74.9 cm³/mol. The Balaban J connectivity index is 2.38. The van der Waals surface area contributed by atoms with E-state index in [2.05, 4.69) is 26.1 Å². The lowest BCUT2D eigenvalue weighted by Gasteiger charge is -2.36. The van der Waals surface area contributed by atoms with E-state index < -0.39 is 10.0 Å². The summed E-state index contributed by atoms with van der Waals surface area (Å²) in [6, 6.07) is -0.172. The van der Waals surface area contributed by atoms with Crippen LogP contribution in [0.15, 0.2) is 4.90 Å². The van der Waals surface area contributed by atoms with E-state index in [4.69, 9.17) is 4.74 Å². The van der Waals surface area contributed by atoms with Gasteiger partial charge in [-0.05, 0) is 20.8 Å². The van der Waals surface area contributed by atoms with Crippen molar-refractivity contribution in [2.24, 2.45) is 0 Å². The fourth-order valence-corrected chi connectivity index (χ4v) is 4.63. The van der Waals surface area contributed by atoms with Gasteiger partial charge in [-0.3, -0.25) is 5.10 Å². The number of nitrogens with one attached hydrogen (secondary N) is 1. The van der Waals surface area contributed by atoms with Crippen molar-refractivity contribution in [1.29, 1.82) is 0 Å². The quantitative estimate of drug-likeness (QED) is 0.830. The maximum Gasteiger partial charge on any atom is 0.247 e. The van der Waals surface area contributed by atoms with E-state index in [0.717, 1.165) is 0 Å². The third-order valence-electron chi connectivity index (χ3n) is 3.25. The minimum absolute atomic E-state index is 0.113. The standard InChI is InChI=1S/C11H18BrN3O3S/c1-7-6-18-10(4-12)5-15(7)19(16,17)11-8(2)13-14-9(11)3/h7,10H,4-6H2,1-3H3,(H,13,14). The second-order valence-corrected chi connectivity index (χ2v) is 7.27. The average molecular weight is 352 g/mol. The Kier molecular flexibility index (Phi) is 4.34. The van der Waals surface area contributed by atoms with Gasteiger partial charge in [0.25, 0.3) is 0 Å². The summed E-state index contributed by atoms with van der Waals surface area (Å²) >= 11 is 3.34. The minimum Gasteiger partial charge on any atom is -0.374 e. The van der Waals surface area contributed by atoms with Gasteiger partial charge in [0.15, 0.2) is 0 Å². The van der Waals surface area contributed by atoms with Gasteiger partial charge >= 0.3 is 0 Å². The van der Waals surface area contributed by atoms with E-state index in [9.17, 15) is 8.42 Å². The molecule has 0 spiro atoms. The van der Waals surface area contributed by atoms with Crippen molar-refractivity contribution in [3.63, 3.8) is 0 Å². The zero-order valence-corrected chi connectivity index (χ0v) is 13.6. The Bertz CT molecular complexity index is 538. The molecular weight excluding hydrogens is 334 g/mol. The molecule has 0 aliphatic carbocycles. The average Bonchev–Trinajstić information content (AvgIpc) is 2.70. The van der Waals surface area contributed by atoms with Crippen molar-refractivity contribution >= 4 is 26.0 Å². The maximum atomic E-state index is 12.8. The zero-order valence-electron chi connectivity index (χ0n) is 11.2. The van der Waals surface area contributed by atoms with Crippen molar-refractivity contribution < 1.29 is 13.2 Å². The van der Waals surface area contributed by atoms with E-state index in [1.807, 2.05) is 6.92 Å². The number of H-pyrrole nitrogens is 1. The molecule has 1 aliphatic heterocycles. The highest BCUT2D eigenvalue weighted by molar-refractivity contribution is 9.09. The zero-order chi connectivity index (χ0) is 14.2. The molecule has 0 amide bonds. The maximum absolute atomic E-state index is 12.8. The molecule has 19 heavy (non-hydrogen) atoms. The van der Waals surface area contributed by atoms with Crippen molar-refractivity contribution in [2.75, 3.05) is 18.5 Å². The molecule has 2 rings (SSSR count). The number of aromatic amines is 1. The fourth-order valence-electron chi connectivity index (χ4n) is 2.26. The van der Waals surface area contributed by atoms with Gasteiger partial charge in [0.05, 0.1) is 24.1 Å². The first-order chi connectivity index (χ1) is 8.87. The number of sulfonamides is 1. The fraction of sp³-hybridized carbons (Fsp3) is 0.727. The van der Waals surface area contributed by atoms with Crippen LogP contribution >= 0.6 is 15.9 Å². The van der Waals surface area contributed by atoms with E-state index in [1.54, 1.807) is 13.8 Å². The molecule has 0 bridgehead atoms. The second kappa shape index (κ2) is 5.51. The number of hydrogen-bond donors (Lipinski definition) is 1. The number of halogens is 1. The first-order valence-electron chi connectivity index (χ1n) is 6.09. The number of nitrogens with zero attached hydrogens (tertiary/aromatic N) is 2. The van der Waals surface area contributed by atoms with Crippen LogP contribution in [-0.4, -0.2) is 53.5 Å². The smallest absolute Gasteiger partial charge is 0.247 e. The van der Waals surface area contributed by atoms with Crippen LogP contribution in [0.4, 0.5) is 0 Å². The molecule has 2 unspecified atom stereocenters. The van der Waals surface area contributed by atoms with Crippen LogP contribution in [0.25, 0.3) is 0 Å².